The van der Waals surface area contributed by atoms with Gasteiger partial charge in [0.25, 0.3) is 0 Å². The highest BCUT2D eigenvalue weighted by Gasteiger charge is 2.23. The van der Waals surface area contributed by atoms with Crippen molar-refractivity contribution in [3.63, 3.8) is 0 Å². The lowest BCUT2D eigenvalue weighted by Gasteiger charge is -2.11. The van der Waals surface area contributed by atoms with E-state index in [2.05, 4.69) is 30.1 Å². The van der Waals surface area contributed by atoms with E-state index in [1.54, 1.807) is 6.92 Å². The molecular formula is C16H17N5O6. The maximum absolute atomic E-state index is 11.8. The summed E-state index contributed by atoms with van der Waals surface area (Å²) in [6.07, 6.45) is 1.15. The zero-order valence-electron chi connectivity index (χ0n) is 14.8. The summed E-state index contributed by atoms with van der Waals surface area (Å²) in [5.74, 6) is -1.44. The quantitative estimate of drug-likeness (QED) is 0.419. The van der Waals surface area contributed by atoms with E-state index in [0.29, 0.717) is 6.54 Å². The summed E-state index contributed by atoms with van der Waals surface area (Å²) < 4.78 is 9.32. The Hall–Kier alpha value is -3.76. The lowest BCUT2D eigenvalue weighted by Crippen LogP contribution is -2.10. The Bertz CT molecular complexity index is 851. The first-order chi connectivity index (χ1) is 12.9. The summed E-state index contributed by atoms with van der Waals surface area (Å²) in [4.78, 5) is 42.3. The lowest BCUT2D eigenvalue weighted by molar-refractivity contribution is -0.383. The normalized spacial score (nSPS) is 10.0. The Morgan fingerprint density at radius 3 is 2.11 bits per heavy atom. The molecule has 2 rings (SSSR count). The van der Waals surface area contributed by atoms with Gasteiger partial charge in [-0.15, -0.1) is 0 Å². The molecule has 1 heterocycles. The van der Waals surface area contributed by atoms with E-state index in [1.807, 2.05) is 0 Å². The molecule has 0 unspecified atom stereocenters. The molecule has 11 heteroatoms. The zero-order valence-corrected chi connectivity index (χ0v) is 14.8. The molecule has 0 amide bonds. The minimum Gasteiger partial charge on any atom is -0.465 e. The van der Waals surface area contributed by atoms with Crippen molar-refractivity contribution in [3.8, 4) is 0 Å². The molecule has 1 aromatic carbocycles. The first kappa shape index (κ1) is 19.6. The van der Waals surface area contributed by atoms with E-state index >= 15 is 0 Å². The van der Waals surface area contributed by atoms with Crippen molar-refractivity contribution in [2.24, 2.45) is 0 Å². The number of hydrogen-bond donors (Lipinski definition) is 2. The molecule has 0 atom stereocenters. The van der Waals surface area contributed by atoms with Gasteiger partial charge in [-0.2, -0.15) is 0 Å². The molecule has 0 aliphatic rings. The monoisotopic (exact) mass is 375 g/mol. The van der Waals surface area contributed by atoms with Gasteiger partial charge in [0.05, 0.1) is 30.3 Å². The molecule has 142 valence electrons. The second-order valence-corrected chi connectivity index (χ2v) is 5.11. The van der Waals surface area contributed by atoms with Crippen molar-refractivity contribution < 1.29 is 24.0 Å². The van der Waals surface area contributed by atoms with E-state index < -0.39 is 16.9 Å². The second-order valence-electron chi connectivity index (χ2n) is 5.11. The topological polar surface area (TPSA) is 146 Å². The van der Waals surface area contributed by atoms with Crippen molar-refractivity contribution >= 4 is 34.9 Å². The molecule has 0 saturated carbocycles. The number of rotatable bonds is 7. The standard InChI is InChI=1S/C16H17N5O6/c1-4-17-13-12(21(24)25)14(19-8-18-13)20-11-6-9(15(22)26-2)5-10(7-11)16(23)27-3/h5-8H,4H2,1-3H3,(H2,17,18,19,20). The third-order valence-electron chi connectivity index (χ3n) is 3.39. The minimum absolute atomic E-state index is 0.0392. The van der Waals surface area contributed by atoms with Crippen LogP contribution in [0.25, 0.3) is 0 Å². The van der Waals surface area contributed by atoms with Gasteiger partial charge < -0.3 is 20.1 Å². The average Bonchev–Trinajstić information content (AvgIpc) is 2.66. The van der Waals surface area contributed by atoms with Crippen molar-refractivity contribution in [2.75, 3.05) is 31.4 Å². The van der Waals surface area contributed by atoms with Gasteiger partial charge in [-0.25, -0.2) is 19.6 Å². The molecule has 0 aliphatic heterocycles. The number of aromatic nitrogens is 2. The number of nitro groups is 1. The van der Waals surface area contributed by atoms with Crippen LogP contribution >= 0.6 is 0 Å². The molecule has 1 aromatic heterocycles. The van der Waals surface area contributed by atoms with Crippen LogP contribution < -0.4 is 10.6 Å². The molecule has 2 N–H and O–H groups in total. The fourth-order valence-electron chi connectivity index (χ4n) is 2.25. The van der Waals surface area contributed by atoms with Gasteiger partial charge in [-0.05, 0) is 25.1 Å². The number of hydrogen-bond acceptors (Lipinski definition) is 10. The number of benzene rings is 1. The molecule has 0 bridgehead atoms. The van der Waals surface area contributed by atoms with Crippen LogP contribution in [0, 0.1) is 10.1 Å². The highest BCUT2D eigenvalue weighted by molar-refractivity contribution is 5.97. The molecule has 0 aliphatic carbocycles. The number of carbonyl (C=O) groups excluding carboxylic acids is 2. The van der Waals surface area contributed by atoms with Crippen LogP contribution in [0.15, 0.2) is 24.5 Å². The molecule has 0 radical (unpaired) electrons. The number of carbonyl (C=O) groups is 2. The van der Waals surface area contributed by atoms with Crippen LogP contribution in [0.3, 0.4) is 0 Å². The number of methoxy groups -OCH3 is 2. The van der Waals surface area contributed by atoms with Crippen molar-refractivity contribution in [3.05, 3.63) is 45.8 Å². The molecule has 11 nitrogen and oxygen atoms in total. The molecular weight excluding hydrogens is 358 g/mol. The molecule has 0 spiro atoms. The summed E-state index contributed by atoms with van der Waals surface area (Å²) in [5, 5.41) is 17.0. The summed E-state index contributed by atoms with van der Waals surface area (Å²) in [6, 6.07) is 4.04. The van der Waals surface area contributed by atoms with E-state index in [-0.39, 0.29) is 34.1 Å². The van der Waals surface area contributed by atoms with Crippen LogP contribution in [0.5, 0.6) is 0 Å². The summed E-state index contributed by atoms with van der Waals surface area (Å²) in [7, 11) is 2.39. The first-order valence-corrected chi connectivity index (χ1v) is 7.73. The van der Waals surface area contributed by atoms with Gasteiger partial charge >= 0.3 is 17.6 Å². The van der Waals surface area contributed by atoms with Gasteiger partial charge in [0, 0.05) is 12.2 Å². The van der Waals surface area contributed by atoms with E-state index in [1.165, 1.54) is 32.4 Å². The minimum atomic E-state index is -0.686. The van der Waals surface area contributed by atoms with E-state index in [0.717, 1.165) is 6.33 Å². The summed E-state index contributed by atoms with van der Waals surface area (Å²) in [5.41, 5.74) is -0.0389. The molecule has 27 heavy (non-hydrogen) atoms. The van der Waals surface area contributed by atoms with Crippen LogP contribution in [-0.4, -0.2) is 47.6 Å². The van der Waals surface area contributed by atoms with Crippen LogP contribution in [0.4, 0.5) is 23.0 Å². The van der Waals surface area contributed by atoms with Crippen LogP contribution in [-0.2, 0) is 9.47 Å². The van der Waals surface area contributed by atoms with Crippen LogP contribution in [0.1, 0.15) is 27.6 Å². The fraction of sp³-hybridized carbons (Fsp3) is 0.250. The molecule has 0 fully saturated rings. The average molecular weight is 375 g/mol. The molecule has 2 aromatic rings. The zero-order chi connectivity index (χ0) is 20.0. The van der Waals surface area contributed by atoms with Gasteiger partial charge in [-0.3, -0.25) is 10.1 Å². The predicted octanol–water partition coefficient (Wildman–Crippen LogP) is 2.13. The van der Waals surface area contributed by atoms with Gasteiger partial charge in [0.2, 0.25) is 11.6 Å². The fourth-order valence-corrected chi connectivity index (χ4v) is 2.25. The highest BCUT2D eigenvalue weighted by Crippen LogP contribution is 2.31. The smallest absolute Gasteiger partial charge is 0.353 e. The largest absolute Gasteiger partial charge is 0.465 e. The maximum atomic E-state index is 11.8. The molecule has 0 saturated heterocycles. The Kier molecular flexibility index (Phi) is 6.20. The third kappa shape index (κ3) is 4.45. The lowest BCUT2D eigenvalue weighted by atomic mass is 10.1. The third-order valence-corrected chi connectivity index (χ3v) is 3.39. The Morgan fingerprint density at radius 1 is 1.07 bits per heavy atom. The van der Waals surface area contributed by atoms with Gasteiger partial charge in [-0.1, -0.05) is 0 Å². The highest BCUT2D eigenvalue weighted by atomic mass is 16.6. The van der Waals surface area contributed by atoms with E-state index in [4.69, 9.17) is 0 Å². The number of ether oxygens (including phenoxy) is 2. The van der Waals surface area contributed by atoms with Crippen molar-refractivity contribution in [1.82, 2.24) is 9.97 Å². The first-order valence-electron chi connectivity index (χ1n) is 7.73. The van der Waals surface area contributed by atoms with Gasteiger partial charge in [0.15, 0.2) is 0 Å². The Balaban J connectivity index is 2.53. The number of nitrogens with one attached hydrogen (secondary N) is 2. The van der Waals surface area contributed by atoms with Gasteiger partial charge in [0.1, 0.15) is 6.33 Å². The van der Waals surface area contributed by atoms with Crippen LogP contribution in [0.2, 0.25) is 0 Å². The number of esters is 2. The number of nitrogens with zero attached hydrogens (tertiary/aromatic N) is 3. The summed E-state index contributed by atoms with van der Waals surface area (Å²) in [6.45, 7) is 2.18. The predicted molar refractivity (Wildman–Crippen MR) is 95.3 cm³/mol. The van der Waals surface area contributed by atoms with Crippen molar-refractivity contribution in [2.45, 2.75) is 6.92 Å². The van der Waals surface area contributed by atoms with Crippen molar-refractivity contribution in [1.29, 1.82) is 0 Å². The summed E-state index contributed by atoms with van der Waals surface area (Å²) >= 11 is 0. The Morgan fingerprint density at radius 2 is 1.63 bits per heavy atom. The van der Waals surface area contributed by atoms with E-state index in [9.17, 15) is 19.7 Å². The SMILES string of the molecule is CCNc1ncnc(Nc2cc(C(=O)OC)cc(C(=O)OC)c2)c1[N+](=O)[O-]. The second kappa shape index (κ2) is 8.56. The number of anilines is 3. The Labute approximate surface area is 153 Å². The maximum Gasteiger partial charge on any atom is 0.353 e.